The van der Waals surface area contributed by atoms with E-state index >= 15 is 17.6 Å². The maximum absolute atomic E-state index is 15.3. The molecule has 8 rings (SSSR count). The van der Waals surface area contributed by atoms with Crippen LogP contribution in [0.2, 0.25) is 0 Å². The first-order chi connectivity index (χ1) is 28.5. The topological polar surface area (TPSA) is 12.5 Å². The second kappa shape index (κ2) is 15.0. The van der Waals surface area contributed by atoms with E-state index in [4.69, 9.17) is 4.74 Å². The maximum Gasteiger partial charge on any atom is 0.200 e. The first-order valence-corrected chi connectivity index (χ1v) is 22.9. The summed E-state index contributed by atoms with van der Waals surface area (Å²) in [7, 11) is -5.81. The predicted molar refractivity (Wildman–Crippen MR) is 216 cm³/mol. The first kappa shape index (κ1) is 40.9. The SMILES string of the molecule is CS(C)(c1ccccc1-c1ccc2c(c1)Oc1cc(-c3ccccc3S(C)(C)c3c(F)c(F)c(F)c(F)c3F)ccc1N2c1ccccc1)c1c(F)c(F)c(F)c(F)c1F. The number of nitrogens with zero attached hydrogens (tertiary/aromatic N) is 1. The van der Waals surface area contributed by atoms with Gasteiger partial charge in [0, 0.05) is 15.5 Å². The van der Waals surface area contributed by atoms with E-state index in [9.17, 15) is 26.3 Å². The number of rotatable bonds is 7. The molecule has 1 aliphatic heterocycles. The van der Waals surface area contributed by atoms with Crippen LogP contribution in [-0.2, 0) is 0 Å². The summed E-state index contributed by atoms with van der Waals surface area (Å²) in [6.45, 7) is 0. The lowest BCUT2D eigenvalue weighted by molar-refractivity contribution is 0.360. The first-order valence-electron chi connectivity index (χ1n) is 18.0. The highest BCUT2D eigenvalue weighted by Gasteiger charge is 2.37. The van der Waals surface area contributed by atoms with E-state index in [1.807, 2.05) is 35.2 Å². The van der Waals surface area contributed by atoms with Crippen LogP contribution in [-0.4, -0.2) is 25.0 Å². The maximum atomic E-state index is 15.3. The van der Waals surface area contributed by atoms with E-state index in [2.05, 4.69) is 0 Å². The highest BCUT2D eigenvalue weighted by molar-refractivity contribution is 8.33. The third kappa shape index (κ3) is 6.38. The number of ether oxygens (including phenoxy) is 1. The molecule has 7 aromatic rings. The molecule has 0 saturated carbocycles. The van der Waals surface area contributed by atoms with Crippen LogP contribution in [0.1, 0.15) is 0 Å². The Labute approximate surface area is 341 Å². The van der Waals surface area contributed by atoms with Crippen molar-refractivity contribution in [3.63, 3.8) is 0 Å². The van der Waals surface area contributed by atoms with Crippen LogP contribution in [0.15, 0.2) is 135 Å². The Bertz CT molecular complexity index is 2650. The van der Waals surface area contributed by atoms with Crippen LogP contribution in [0.3, 0.4) is 0 Å². The Hall–Kier alpha value is -5.86. The van der Waals surface area contributed by atoms with Crippen molar-refractivity contribution in [3.8, 4) is 33.8 Å². The summed E-state index contributed by atoms with van der Waals surface area (Å²) in [5, 5.41) is 0. The molecular formula is C46H31F10NOS2. The van der Waals surface area contributed by atoms with Crippen molar-refractivity contribution >= 4 is 37.1 Å². The molecule has 60 heavy (non-hydrogen) atoms. The summed E-state index contributed by atoms with van der Waals surface area (Å²) in [5.41, 5.74) is 3.81. The number of fused-ring (bicyclic) bond motifs is 2. The molecule has 0 bridgehead atoms. The monoisotopic (exact) mass is 867 g/mol. The van der Waals surface area contributed by atoms with E-state index in [0.717, 1.165) is 5.69 Å². The molecule has 1 aliphatic rings. The minimum atomic E-state index is -2.90. The molecule has 0 unspecified atom stereocenters. The smallest absolute Gasteiger partial charge is 0.200 e. The molecule has 0 spiro atoms. The summed E-state index contributed by atoms with van der Waals surface area (Å²) < 4.78 is 154. The minimum absolute atomic E-state index is 0.320. The predicted octanol–water partition coefficient (Wildman–Crippen LogP) is 15.0. The zero-order valence-electron chi connectivity index (χ0n) is 31.9. The zero-order chi connectivity index (χ0) is 43.0. The van der Waals surface area contributed by atoms with E-state index in [1.54, 1.807) is 84.9 Å². The van der Waals surface area contributed by atoms with E-state index in [-0.39, 0.29) is 0 Å². The molecule has 2 nitrogen and oxygen atoms in total. The number of hydrogen-bond acceptors (Lipinski definition) is 2. The fourth-order valence-corrected chi connectivity index (χ4v) is 12.5. The van der Waals surface area contributed by atoms with Crippen molar-refractivity contribution in [2.75, 3.05) is 29.9 Å². The highest BCUT2D eigenvalue weighted by Crippen LogP contribution is 2.64. The second-order valence-corrected chi connectivity index (χ2v) is 21.6. The number of halogens is 10. The summed E-state index contributed by atoms with van der Waals surface area (Å²) in [4.78, 5) is 0.766. The molecule has 0 amide bonds. The molecule has 0 radical (unpaired) electrons. The van der Waals surface area contributed by atoms with Gasteiger partial charge in [-0.15, -0.1) is 0 Å². The average molecular weight is 868 g/mol. The van der Waals surface area contributed by atoms with E-state index in [0.29, 0.717) is 54.9 Å². The molecule has 7 aromatic carbocycles. The van der Waals surface area contributed by atoms with Crippen LogP contribution < -0.4 is 9.64 Å². The largest absolute Gasteiger partial charge is 0.453 e. The van der Waals surface area contributed by atoms with Gasteiger partial charge in [-0.3, -0.25) is 0 Å². The van der Waals surface area contributed by atoms with Crippen molar-refractivity contribution in [2.45, 2.75) is 19.6 Å². The molecule has 14 heteroatoms. The highest BCUT2D eigenvalue weighted by atomic mass is 32.3. The molecule has 0 fully saturated rings. The summed E-state index contributed by atoms with van der Waals surface area (Å²) in [6.07, 6.45) is 5.78. The van der Waals surface area contributed by atoms with Gasteiger partial charge < -0.3 is 9.64 Å². The molecule has 1 heterocycles. The van der Waals surface area contributed by atoms with Gasteiger partial charge in [0.15, 0.2) is 58.0 Å². The van der Waals surface area contributed by atoms with Gasteiger partial charge in [0.05, 0.1) is 21.2 Å². The van der Waals surface area contributed by atoms with Crippen molar-refractivity contribution in [1.29, 1.82) is 0 Å². The number of anilines is 3. The molecule has 308 valence electrons. The van der Waals surface area contributed by atoms with Crippen molar-refractivity contribution in [2.24, 2.45) is 0 Å². The van der Waals surface area contributed by atoms with Gasteiger partial charge >= 0.3 is 0 Å². The molecule has 0 atom stereocenters. The normalized spacial score (nSPS) is 13.1. The van der Waals surface area contributed by atoms with Gasteiger partial charge in [0.1, 0.15) is 0 Å². The third-order valence-electron chi connectivity index (χ3n) is 10.5. The Morgan fingerprint density at radius 2 is 0.717 bits per heavy atom. The number of benzene rings is 7. The molecule has 0 N–H and O–H groups in total. The Morgan fingerprint density at radius 1 is 0.383 bits per heavy atom. The molecule has 0 saturated heterocycles. The lowest BCUT2D eigenvalue weighted by Gasteiger charge is -2.36. The van der Waals surface area contributed by atoms with Gasteiger partial charge in [0.25, 0.3) is 0 Å². The van der Waals surface area contributed by atoms with Crippen molar-refractivity contribution in [3.05, 3.63) is 173 Å². The van der Waals surface area contributed by atoms with Gasteiger partial charge in [0.2, 0.25) is 11.6 Å². The molecular weight excluding hydrogens is 837 g/mol. The third-order valence-corrected chi connectivity index (χ3v) is 16.2. The number of hydrogen-bond donors (Lipinski definition) is 0. The lowest BCUT2D eigenvalue weighted by Crippen LogP contribution is -2.16. The fourth-order valence-electron chi connectivity index (χ4n) is 7.59. The van der Waals surface area contributed by atoms with Crippen LogP contribution in [0, 0.1) is 58.2 Å². The Balaban J connectivity index is 1.26. The summed E-state index contributed by atoms with van der Waals surface area (Å²) >= 11 is 0. The van der Waals surface area contributed by atoms with Crippen LogP contribution >= 0.6 is 20.1 Å². The van der Waals surface area contributed by atoms with E-state index < -0.39 is 88.0 Å². The quantitative estimate of drug-likeness (QED) is 0.0899. The zero-order valence-corrected chi connectivity index (χ0v) is 33.6. The van der Waals surface area contributed by atoms with E-state index in [1.165, 1.54) is 25.0 Å². The summed E-state index contributed by atoms with van der Waals surface area (Å²) in [6, 6.07) is 32.8. The fraction of sp³-hybridized carbons (Fsp3) is 0.0870. The van der Waals surface area contributed by atoms with Crippen molar-refractivity contribution in [1.82, 2.24) is 0 Å². The summed E-state index contributed by atoms with van der Waals surface area (Å²) in [5.74, 6) is -19.6. The van der Waals surface area contributed by atoms with Crippen LogP contribution in [0.4, 0.5) is 61.0 Å². The van der Waals surface area contributed by atoms with Gasteiger partial charge in [-0.25, -0.2) is 43.9 Å². The average Bonchev–Trinajstić information content (AvgIpc) is 3.25. The Kier molecular flexibility index (Phi) is 10.2. The van der Waals surface area contributed by atoms with Gasteiger partial charge in [-0.05, 0) is 95.8 Å². The standard InChI is InChI=1S/C46H31F10NOS2/c1-59(2,45-41(53)37(49)35(47)38(50)42(45)54)33-16-10-8-14-27(33)24-18-20-29-31(22-24)58-32-23-25(19-21-30(32)57(29)26-12-6-5-7-13-26)28-15-9-11-17-34(28)60(3,4)46-43(55)39(51)36(48)40(52)44(46)56/h5-23H,1-4H3. The second-order valence-electron chi connectivity index (χ2n) is 14.6. The molecule has 0 aliphatic carbocycles. The molecule has 0 aromatic heterocycles. The van der Waals surface area contributed by atoms with Gasteiger partial charge in [-0.2, -0.15) is 20.1 Å². The van der Waals surface area contributed by atoms with Crippen LogP contribution in [0.5, 0.6) is 11.5 Å². The minimum Gasteiger partial charge on any atom is -0.453 e. The number of para-hydroxylation sites is 1. The van der Waals surface area contributed by atoms with Crippen LogP contribution in [0.25, 0.3) is 22.3 Å². The lowest BCUT2D eigenvalue weighted by atomic mass is 10.0. The van der Waals surface area contributed by atoms with Crippen molar-refractivity contribution < 1.29 is 48.6 Å². The van der Waals surface area contributed by atoms with Gasteiger partial charge in [-0.1, -0.05) is 66.7 Å². The Morgan fingerprint density at radius 3 is 1.10 bits per heavy atom.